The second-order valence-corrected chi connectivity index (χ2v) is 4.22. The minimum Gasteiger partial charge on any atom is -0.294 e. The molecular formula is C11H18O. The van der Waals surface area contributed by atoms with Crippen molar-refractivity contribution in [1.82, 2.24) is 0 Å². The largest absolute Gasteiger partial charge is 0.294 e. The quantitative estimate of drug-likeness (QED) is 0.547. The van der Waals surface area contributed by atoms with E-state index in [1.807, 2.05) is 0 Å². The zero-order chi connectivity index (χ0) is 9.30. The first-order valence-corrected chi connectivity index (χ1v) is 4.77. The van der Waals surface area contributed by atoms with Gasteiger partial charge in [-0.15, -0.1) is 0 Å². The van der Waals surface area contributed by atoms with Crippen molar-refractivity contribution in [3.8, 4) is 0 Å². The number of hydrogen-bond donors (Lipinski definition) is 0. The molecule has 1 aliphatic carbocycles. The Balaban J connectivity index is 2.72. The molecule has 0 amide bonds. The molecule has 1 nitrogen and oxygen atoms in total. The second-order valence-electron chi connectivity index (χ2n) is 4.22. The van der Waals surface area contributed by atoms with E-state index in [2.05, 4.69) is 27.4 Å². The summed E-state index contributed by atoms with van der Waals surface area (Å²) in [5.74, 6) is 1.44. The predicted octanol–water partition coefficient (Wildman–Crippen LogP) is 2.81. The maximum absolute atomic E-state index is 11.7. The first-order chi connectivity index (χ1) is 5.54. The number of Topliss-reactive ketones (excluding diaryl/α,β-unsaturated/α-hetero) is 1. The van der Waals surface area contributed by atoms with Crippen molar-refractivity contribution in [2.24, 2.45) is 17.8 Å². The van der Waals surface area contributed by atoms with Crippen molar-refractivity contribution in [1.29, 1.82) is 0 Å². The smallest absolute Gasteiger partial charge is 0.161 e. The number of ketones is 1. The van der Waals surface area contributed by atoms with Crippen LogP contribution in [-0.2, 0) is 4.79 Å². The first-order valence-electron chi connectivity index (χ1n) is 4.77. The third kappa shape index (κ3) is 1.60. The molecule has 68 valence electrons. The molecule has 0 spiro atoms. The van der Waals surface area contributed by atoms with E-state index in [9.17, 15) is 4.79 Å². The van der Waals surface area contributed by atoms with Crippen LogP contribution in [0.2, 0.25) is 0 Å². The third-order valence-corrected chi connectivity index (χ3v) is 2.96. The van der Waals surface area contributed by atoms with Crippen molar-refractivity contribution >= 4 is 5.78 Å². The zero-order valence-electron chi connectivity index (χ0n) is 8.26. The molecule has 1 heteroatoms. The summed E-state index contributed by atoms with van der Waals surface area (Å²) in [6.45, 7) is 10.2. The summed E-state index contributed by atoms with van der Waals surface area (Å²) in [7, 11) is 0. The Morgan fingerprint density at radius 3 is 2.50 bits per heavy atom. The van der Waals surface area contributed by atoms with Gasteiger partial charge in [-0.1, -0.05) is 27.4 Å². The Morgan fingerprint density at radius 1 is 1.42 bits per heavy atom. The minimum atomic E-state index is 0.244. The summed E-state index contributed by atoms with van der Waals surface area (Å²) in [4.78, 5) is 11.7. The van der Waals surface area contributed by atoms with Crippen LogP contribution in [0.25, 0.3) is 0 Å². The Morgan fingerprint density at radius 2 is 2.00 bits per heavy atom. The summed E-state index contributed by atoms with van der Waals surface area (Å²) in [6.07, 6.45) is 2.18. The van der Waals surface area contributed by atoms with Gasteiger partial charge in [0.1, 0.15) is 0 Å². The van der Waals surface area contributed by atoms with Crippen LogP contribution >= 0.6 is 0 Å². The molecule has 0 aromatic heterocycles. The Hall–Kier alpha value is -0.590. The van der Waals surface area contributed by atoms with E-state index in [0.717, 1.165) is 18.4 Å². The standard InChI is InChI=1S/C11H18O/c1-7(2)10-6-5-8(3)9(4)11(10)12/h7-8,10H,4-6H2,1-3H3. The second kappa shape index (κ2) is 3.42. The van der Waals surface area contributed by atoms with Crippen molar-refractivity contribution in [2.45, 2.75) is 33.6 Å². The Kier molecular flexibility index (Phi) is 2.71. The Bertz CT molecular complexity index is 203. The van der Waals surface area contributed by atoms with Gasteiger partial charge in [-0.25, -0.2) is 0 Å². The molecule has 0 saturated heterocycles. The van der Waals surface area contributed by atoms with Crippen molar-refractivity contribution in [2.75, 3.05) is 0 Å². The lowest BCUT2D eigenvalue weighted by Gasteiger charge is -2.29. The minimum absolute atomic E-state index is 0.244. The highest BCUT2D eigenvalue weighted by Crippen LogP contribution is 2.32. The average molecular weight is 166 g/mol. The maximum atomic E-state index is 11.7. The number of carbonyl (C=O) groups is 1. The lowest BCUT2D eigenvalue weighted by atomic mass is 9.74. The normalized spacial score (nSPS) is 31.3. The molecular weight excluding hydrogens is 148 g/mol. The summed E-state index contributed by atoms with van der Waals surface area (Å²) in [6, 6.07) is 0. The molecule has 2 atom stereocenters. The lowest BCUT2D eigenvalue weighted by molar-refractivity contribution is -0.122. The van der Waals surface area contributed by atoms with Gasteiger partial charge >= 0.3 is 0 Å². The lowest BCUT2D eigenvalue weighted by Crippen LogP contribution is -2.29. The van der Waals surface area contributed by atoms with E-state index in [0.29, 0.717) is 17.6 Å². The van der Waals surface area contributed by atoms with Crippen LogP contribution in [0.15, 0.2) is 12.2 Å². The van der Waals surface area contributed by atoms with Gasteiger partial charge < -0.3 is 0 Å². The highest BCUT2D eigenvalue weighted by atomic mass is 16.1. The van der Waals surface area contributed by atoms with Gasteiger partial charge in [-0.05, 0) is 30.3 Å². The number of hydrogen-bond acceptors (Lipinski definition) is 1. The highest BCUT2D eigenvalue weighted by Gasteiger charge is 2.31. The number of rotatable bonds is 1. The number of carbonyl (C=O) groups excluding carboxylic acids is 1. The molecule has 0 heterocycles. The van der Waals surface area contributed by atoms with Crippen LogP contribution in [0.1, 0.15) is 33.6 Å². The summed E-state index contributed by atoms with van der Waals surface area (Å²) < 4.78 is 0. The molecule has 1 fully saturated rings. The van der Waals surface area contributed by atoms with Crippen LogP contribution in [-0.4, -0.2) is 5.78 Å². The van der Waals surface area contributed by atoms with Gasteiger partial charge in [0.05, 0.1) is 0 Å². The van der Waals surface area contributed by atoms with Gasteiger partial charge in [0.2, 0.25) is 0 Å². The van der Waals surface area contributed by atoms with Crippen molar-refractivity contribution in [3.05, 3.63) is 12.2 Å². The molecule has 0 aromatic rings. The van der Waals surface area contributed by atoms with Crippen molar-refractivity contribution in [3.63, 3.8) is 0 Å². The van der Waals surface area contributed by atoms with E-state index >= 15 is 0 Å². The monoisotopic (exact) mass is 166 g/mol. The number of allylic oxidation sites excluding steroid dienone is 1. The zero-order valence-corrected chi connectivity index (χ0v) is 8.26. The summed E-state index contributed by atoms with van der Waals surface area (Å²) >= 11 is 0. The third-order valence-electron chi connectivity index (χ3n) is 2.96. The fourth-order valence-electron chi connectivity index (χ4n) is 1.85. The van der Waals surface area contributed by atoms with Crippen LogP contribution in [0.4, 0.5) is 0 Å². The van der Waals surface area contributed by atoms with Gasteiger partial charge in [0.15, 0.2) is 5.78 Å². The van der Waals surface area contributed by atoms with Gasteiger partial charge in [0.25, 0.3) is 0 Å². The first kappa shape index (κ1) is 9.50. The van der Waals surface area contributed by atoms with Crippen molar-refractivity contribution < 1.29 is 4.79 Å². The fourth-order valence-corrected chi connectivity index (χ4v) is 1.85. The fraction of sp³-hybridized carbons (Fsp3) is 0.727. The molecule has 0 bridgehead atoms. The molecule has 0 aliphatic heterocycles. The molecule has 1 aliphatic rings. The molecule has 1 rings (SSSR count). The molecule has 0 radical (unpaired) electrons. The SMILES string of the molecule is C=C1C(=O)C(C(C)C)CCC1C. The predicted molar refractivity (Wildman–Crippen MR) is 50.9 cm³/mol. The highest BCUT2D eigenvalue weighted by molar-refractivity contribution is 5.97. The molecule has 2 unspecified atom stereocenters. The van der Waals surface area contributed by atoms with E-state index in [1.54, 1.807) is 0 Å². The van der Waals surface area contributed by atoms with Crippen LogP contribution in [0.5, 0.6) is 0 Å². The van der Waals surface area contributed by atoms with E-state index in [4.69, 9.17) is 0 Å². The van der Waals surface area contributed by atoms with Crippen LogP contribution < -0.4 is 0 Å². The van der Waals surface area contributed by atoms with Gasteiger partial charge in [-0.3, -0.25) is 4.79 Å². The average Bonchev–Trinajstić information content (AvgIpc) is 2.00. The molecule has 12 heavy (non-hydrogen) atoms. The summed E-state index contributed by atoms with van der Waals surface area (Å²) in [5, 5.41) is 0. The van der Waals surface area contributed by atoms with Crippen LogP contribution in [0, 0.1) is 17.8 Å². The van der Waals surface area contributed by atoms with E-state index < -0.39 is 0 Å². The summed E-state index contributed by atoms with van der Waals surface area (Å²) in [5.41, 5.74) is 0.847. The van der Waals surface area contributed by atoms with E-state index in [1.165, 1.54) is 0 Å². The maximum Gasteiger partial charge on any atom is 0.161 e. The molecule has 0 N–H and O–H groups in total. The molecule has 1 saturated carbocycles. The van der Waals surface area contributed by atoms with Gasteiger partial charge in [0, 0.05) is 5.92 Å². The topological polar surface area (TPSA) is 17.1 Å². The van der Waals surface area contributed by atoms with Gasteiger partial charge in [-0.2, -0.15) is 0 Å². The van der Waals surface area contributed by atoms with E-state index in [-0.39, 0.29) is 5.92 Å². The van der Waals surface area contributed by atoms with Crippen LogP contribution in [0.3, 0.4) is 0 Å². The molecule has 0 aromatic carbocycles. The Labute approximate surface area is 74.9 Å².